The summed E-state index contributed by atoms with van der Waals surface area (Å²) in [5.41, 5.74) is 3.53. The number of nitrogens with zero attached hydrogens (tertiary/aromatic N) is 3. The Labute approximate surface area is 150 Å². The molecule has 2 aromatic carbocycles. The molecule has 2 heterocycles. The van der Waals surface area contributed by atoms with Crippen molar-refractivity contribution in [3.05, 3.63) is 70.1 Å². The first-order valence-corrected chi connectivity index (χ1v) is 8.56. The molecule has 1 aliphatic heterocycles. The first-order valence-electron chi connectivity index (χ1n) is 8.19. The van der Waals surface area contributed by atoms with Gasteiger partial charge in [0.25, 0.3) is 0 Å². The van der Waals surface area contributed by atoms with Crippen LogP contribution >= 0.6 is 11.6 Å². The molecule has 3 aromatic rings. The van der Waals surface area contributed by atoms with Crippen molar-refractivity contribution in [3.8, 4) is 0 Å². The van der Waals surface area contributed by atoms with E-state index in [9.17, 15) is 4.39 Å². The number of fused-ring (bicyclic) bond motifs is 2. The van der Waals surface area contributed by atoms with E-state index in [-0.39, 0.29) is 22.8 Å². The molecule has 1 atom stereocenters. The van der Waals surface area contributed by atoms with E-state index in [0.717, 1.165) is 16.8 Å². The summed E-state index contributed by atoms with van der Waals surface area (Å²) in [6, 6.07) is 12.6. The zero-order valence-corrected chi connectivity index (χ0v) is 15.0. The first kappa shape index (κ1) is 16.2. The van der Waals surface area contributed by atoms with Gasteiger partial charge in [-0.05, 0) is 43.7 Å². The van der Waals surface area contributed by atoms with Crippen LogP contribution in [0.5, 0.6) is 0 Å². The molecular weight excluding hydrogens is 337 g/mol. The zero-order chi connectivity index (χ0) is 17.8. The Morgan fingerprint density at radius 3 is 2.68 bits per heavy atom. The SMILES string of the molecule is CC1c2cc(Cl)ccc2C(c2cc3cccc(F)c3nn2)=NC1(C)C. The van der Waals surface area contributed by atoms with Crippen molar-refractivity contribution in [3.63, 3.8) is 0 Å². The quantitative estimate of drug-likeness (QED) is 0.606. The van der Waals surface area contributed by atoms with Gasteiger partial charge in [0.05, 0.1) is 11.3 Å². The number of halogens is 2. The molecule has 0 N–H and O–H groups in total. The second kappa shape index (κ2) is 5.60. The lowest BCUT2D eigenvalue weighted by Crippen LogP contribution is -2.33. The summed E-state index contributed by atoms with van der Waals surface area (Å²) >= 11 is 6.21. The molecule has 1 unspecified atom stereocenters. The van der Waals surface area contributed by atoms with E-state index in [0.29, 0.717) is 16.1 Å². The molecule has 3 nitrogen and oxygen atoms in total. The van der Waals surface area contributed by atoms with Crippen LogP contribution in [0.25, 0.3) is 10.9 Å². The maximum absolute atomic E-state index is 13.9. The van der Waals surface area contributed by atoms with Crippen LogP contribution in [0.3, 0.4) is 0 Å². The number of rotatable bonds is 1. The minimum Gasteiger partial charge on any atom is -0.276 e. The monoisotopic (exact) mass is 353 g/mol. The summed E-state index contributed by atoms with van der Waals surface area (Å²) < 4.78 is 13.9. The average molecular weight is 354 g/mol. The molecule has 0 aliphatic carbocycles. The van der Waals surface area contributed by atoms with Gasteiger partial charge in [-0.1, -0.05) is 36.7 Å². The van der Waals surface area contributed by atoms with Crippen molar-refractivity contribution in [1.82, 2.24) is 10.2 Å². The summed E-state index contributed by atoms with van der Waals surface area (Å²) in [5.74, 6) is -0.154. The Hall–Kier alpha value is -2.33. The first-order chi connectivity index (χ1) is 11.9. The van der Waals surface area contributed by atoms with E-state index < -0.39 is 0 Å². The smallest absolute Gasteiger partial charge is 0.151 e. The standard InChI is InChI=1S/C20H17ClFN3/c1-11-15-10-13(21)7-8-14(15)19(23-20(11,2)3)17-9-12-5-4-6-16(22)18(12)25-24-17/h4-11H,1-3H3. The predicted molar refractivity (Wildman–Crippen MR) is 99.1 cm³/mol. The van der Waals surface area contributed by atoms with Gasteiger partial charge in [0.15, 0.2) is 5.82 Å². The summed E-state index contributed by atoms with van der Waals surface area (Å²) in [6.07, 6.45) is 0. The lowest BCUT2D eigenvalue weighted by Gasteiger charge is -2.35. The van der Waals surface area contributed by atoms with Crippen LogP contribution in [0.1, 0.15) is 43.5 Å². The van der Waals surface area contributed by atoms with E-state index in [4.69, 9.17) is 16.6 Å². The van der Waals surface area contributed by atoms with Crippen molar-refractivity contribution >= 4 is 28.2 Å². The third kappa shape index (κ3) is 2.61. The molecule has 0 spiro atoms. The van der Waals surface area contributed by atoms with Gasteiger partial charge in [-0.15, -0.1) is 10.2 Å². The van der Waals surface area contributed by atoms with Crippen LogP contribution in [0.15, 0.2) is 47.5 Å². The number of hydrogen-bond acceptors (Lipinski definition) is 3. The Morgan fingerprint density at radius 2 is 1.88 bits per heavy atom. The number of benzene rings is 2. The Kier molecular flexibility index (Phi) is 3.62. The highest BCUT2D eigenvalue weighted by Gasteiger charge is 2.35. The van der Waals surface area contributed by atoms with Crippen LogP contribution in [-0.2, 0) is 0 Å². The van der Waals surface area contributed by atoms with Crippen LogP contribution in [-0.4, -0.2) is 21.4 Å². The van der Waals surface area contributed by atoms with Crippen molar-refractivity contribution in [2.75, 3.05) is 0 Å². The lowest BCUT2D eigenvalue weighted by molar-refractivity contribution is 0.432. The van der Waals surface area contributed by atoms with Crippen LogP contribution in [0, 0.1) is 5.82 Å². The highest BCUT2D eigenvalue weighted by molar-refractivity contribution is 6.31. The fraction of sp³-hybridized carbons (Fsp3) is 0.250. The lowest BCUT2D eigenvalue weighted by atomic mass is 9.77. The van der Waals surface area contributed by atoms with E-state index in [1.807, 2.05) is 30.3 Å². The third-order valence-corrected chi connectivity index (χ3v) is 5.24. The van der Waals surface area contributed by atoms with Crippen LogP contribution < -0.4 is 0 Å². The van der Waals surface area contributed by atoms with Crippen molar-refractivity contribution in [2.24, 2.45) is 4.99 Å². The van der Waals surface area contributed by atoms with E-state index >= 15 is 0 Å². The second-order valence-electron chi connectivity index (χ2n) is 6.97. The second-order valence-corrected chi connectivity index (χ2v) is 7.41. The van der Waals surface area contributed by atoms with E-state index in [1.54, 1.807) is 6.07 Å². The van der Waals surface area contributed by atoms with Crippen molar-refractivity contribution in [1.29, 1.82) is 0 Å². The highest BCUT2D eigenvalue weighted by Crippen LogP contribution is 2.39. The minimum atomic E-state index is -0.372. The summed E-state index contributed by atoms with van der Waals surface area (Å²) in [6.45, 7) is 6.34. The molecule has 1 aromatic heterocycles. The van der Waals surface area contributed by atoms with Gasteiger partial charge >= 0.3 is 0 Å². The molecule has 4 rings (SSSR count). The van der Waals surface area contributed by atoms with Gasteiger partial charge in [0, 0.05) is 21.9 Å². The minimum absolute atomic E-state index is 0.218. The summed E-state index contributed by atoms with van der Waals surface area (Å²) in [4.78, 5) is 4.94. The average Bonchev–Trinajstić information content (AvgIpc) is 2.58. The maximum atomic E-state index is 13.9. The van der Waals surface area contributed by atoms with Gasteiger partial charge in [-0.2, -0.15) is 0 Å². The van der Waals surface area contributed by atoms with Crippen LogP contribution in [0.4, 0.5) is 4.39 Å². The summed E-state index contributed by atoms with van der Waals surface area (Å²) in [7, 11) is 0. The third-order valence-electron chi connectivity index (χ3n) is 5.01. The molecule has 126 valence electrons. The molecule has 5 heteroatoms. The Bertz CT molecular complexity index is 1030. The van der Waals surface area contributed by atoms with Crippen molar-refractivity contribution in [2.45, 2.75) is 32.2 Å². The molecule has 0 saturated heterocycles. The van der Waals surface area contributed by atoms with Gasteiger partial charge in [-0.3, -0.25) is 4.99 Å². The highest BCUT2D eigenvalue weighted by atomic mass is 35.5. The molecule has 0 radical (unpaired) electrons. The topological polar surface area (TPSA) is 38.1 Å². The largest absolute Gasteiger partial charge is 0.276 e. The van der Waals surface area contributed by atoms with Gasteiger partial charge in [0.1, 0.15) is 11.2 Å². The molecule has 1 aliphatic rings. The zero-order valence-electron chi connectivity index (χ0n) is 14.2. The number of aromatic nitrogens is 2. The van der Waals surface area contributed by atoms with Crippen molar-refractivity contribution < 1.29 is 4.39 Å². The van der Waals surface area contributed by atoms with Crippen LogP contribution in [0.2, 0.25) is 5.02 Å². The maximum Gasteiger partial charge on any atom is 0.151 e. The van der Waals surface area contributed by atoms with E-state index in [2.05, 4.69) is 31.0 Å². The number of hydrogen-bond donors (Lipinski definition) is 0. The van der Waals surface area contributed by atoms with Gasteiger partial charge in [-0.25, -0.2) is 4.39 Å². The van der Waals surface area contributed by atoms with Gasteiger partial charge in [0.2, 0.25) is 0 Å². The molecular formula is C20H17ClFN3. The molecule has 25 heavy (non-hydrogen) atoms. The predicted octanol–water partition coefficient (Wildman–Crippen LogP) is 5.16. The van der Waals surface area contributed by atoms with Gasteiger partial charge < -0.3 is 0 Å². The molecule has 0 fully saturated rings. The Balaban J connectivity index is 1.95. The molecule has 0 amide bonds. The van der Waals surface area contributed by atoms with E-state index in [1.165, 1.54) is 6.07 Å². The normalized spacial score (nSPS) is 18.8. The summed E-state index contributed by atoms with van der Waals surface area (Å²) in [5, 5.41) is 9.74. The number of aliphatic imine (C=N–C) groups is 1. The molecule has 0 bridgehead atoms. The fourth-order valence-corrected chi connectivity index (χ4v) is 3.46. The Morgan fingerprint density at radius 1 is 1.08 bits per heavy atom. The molecule has 0 saturated carbocycles. The fourth-order valence-electron chi connectivity index (χ4n) is 3.28.